The summed E-state index contributed by atoms with van der Waals surface area (Å²) in [5.74, 6) is 0.141. The van der Waals surface area contributed by atoms with Crippen molar-refractivity contribution in [1.29, 1.82) is 0 Å². The Morgan fingerprint density at radius 1 is 1.37 bits per heavy atom. The van der Waals surface area contributed by atoms with Gasteiger partial charge in [-0.2, -0.15) is 0 Å². The summed E-state index contributed by atoms with van der Waals surface area (Å²) in [6.45, 7) is 2.03. The summed E-state index contributed by atoms with van der Waals surface area (Å²) < 4.78 is 19.5. The lowest BCUT2D eigenvalue weighted by atomic mass is 10.3. The highest BCUT2D eigenvalue weighted by atomic mass is 79.9. The van der Waals surface area contributed by atoms with Crippen molar-refractivity contribution in [2.45, 2.75) is 6.54 Å². The van der Waals surface area contributed by atoms with Crippen LogP contribution in [-0.2, 0) is 6.54 Å². The molecule has 1 N–H and O–H groups in total. The van der Waals surface area contributed by atoms with E-state index in [0.717, 1.165) is 11.0 Å². The Balaban J connectivity index is 1.67. The lowest BCUT2D eigenvalue weighted by Gasteiger charge is -2.07. The molecule has 0 aliphatic carbocycles. The number of halogens is 3. The van der Waals surface area contributed by atoms with Gasteiger partial charge in [-0.25, -0.2) is 4.39 Å². The van der Waals surface area contributed by atoms with Crippen LogP contribution < -0.4 is 10.1 Å². The number of benzene rings is 1. The molecular weight excluding hydrogens is 353 g/mol. The minimum atomic E-state index is -0.435. The van der Waals surface area contributed by atoms with Gasteiger partial charge in [-0.1, -0.05) is 11.6 Å². The molecule has 0 bridgehead atoms. The molecule has 0 atom stereocenters. The van der Waals surface area contributed by atoms with Gasteiger partial charge < -0.3 is 10.1 Å². The van der Waals surface area contributed by atoms with Gasteiger partial charge in [-0.3, -0.25) is 0 Å². The lowest BCUT2D eigenvalue weighted by Crippen LogP contribution is -2.20. The molecule has 0 saturated heterocycles. The molecule has 0 saturated carbocycles. The van der Waals surface area contributed by atoms with Crippen LogP contribution in [0.25, 0.3) is 0 Å². The third kappa shape index (κ3) is 4.76. The van der Waals surface area contributed by atoms with Crippen molar-refractivity contribution in [2.24, 2.45) is 0 Å². The van der Waals surface area contributed by atoms with Crippen LogP contribution in [0.3, 0.4) is 0 Å². The second kappa shape index (κ2) is 7.24. The standard InChI is InChI=1S/C13H12BrClFNOS/c14-9-5-11(19-8-9)7-17-3-4-18-10-1-2-13(16)12(15)6-10/h1-2,5-6,8,17H,3-4,7H2. The van der Waals surface area contributed by atoms with Gasteiger partial charge in [-0.15, -0.1) is 11.3 Å². The van der Waals surface area contributed by atoms with Crippen LogP contribution in [0, 0.1) is 5.82 Å². The largest absolute Gasteiger partial charge is 0.492 e. The number of hydrogen-bond donors (Lipinski definition) is 1. The van der Waals surface area contributed by atoms with E-state index in [9.17, 15) is 4.39 Å². The summed E-state index contributed by atoms with van der Waals surface area (Å²) in [5, 5.41) is 5.40. The topological polar surface area (TPSA) is 21.3 Å². The van der Waals surface area contributed by atoms with Crippen molar-refractivity contribution in [3.05, 3.63) is 49.8 Å². The molecule has 2 rings (SSSR count). The van der Waals surface area contributed by atoms with E-state index in [2.05, 4.69) is 27.3 Å². The Kier molecular flexibility index (Phi) is 5.63. The maximum absolute atomic E-state index is 12.9. The molecule has 1 aromatic carbocycles. The van der Waals surface area contributed by atoms with Crippen LogP contribution in [-0.4, -0.2) is 13.2 Å². The Morgan fingerprint density at radius 3 is 2.89 bits per heavy atom. The number of hydrogen-bond acceptors (Lipinski definition) is 3. The summed E-state index contributed by atoms with van der Waals surface area (Å²) in [4.78, 5) is 1.26. The third-order valence-electron chi connectivity index (χ3n) is 2.36. The first-order chi connectivity index (χ1) is 9.15. The maximum Gasteiger partial charge on any atom is 0.142 e. The van der Waals surface area contributed by atoms with Gasteiger partial charge in [0.05, 0.1) is 5.02 Å². The van der Waals surface area contributed by atoms with Crippen molar-refractivity contribution in [3.8, 4) is 5.75 Å². The number of thiophene rings is 1. The molecule has 102 valence electrons. The Bertz CT molecular complexity index is 549. The van der Waals surface area contributed by atoms with E-state index in [1.54, 1.807) is 17.4 Å². The van der Waals surface area contributed by atoms with E-state index >= 15 is 0 Å². The zero-order valence-electron chi connectivity index (χ0n) is 9.96. The third-order valence-corrected chi connectivity index (χ3v) is 4.35. The van der Waals surface area contributed by atoms with E-state index in [1.165, 1.54) is 17.0 Å². The fraction of sp³-hybridized carbons (Fsp3) is 0.231. The highest BCUT2D eigenvalue weighted by molar-refractivity contribution is 9.10. The molecule has 0 amide bonds. The van der Waals surface area contributed by atoms with Crippen LogP contribution in [0.5, 0.6) is 5.75 Å². The molecule has 6 heteroatoms. The van der Waals surface area contributed by atoms with Crippen molar-refractivity contribution in [1.82, 2.24) is 5.32 Å². The minimum Gasteiger partial charge on any atom is -0.492 e. The fourth-order valence-corrected chi connectivity index (χ4v) is 3.06. The molecule has 0 radical (unpaired) electrons. The fourth-order valence-electron chi connectivity index (χ4n) is 1.47. The van der Waals surface area contributed by atoms with Gasteiger partial charge in [0.2, 0.25) is 0 Å². The normalized spacial score (nSPS) is 10.7. The van der Waals surface area contributed by atoms with Crippen LogP contribution in [0.15, 0.2) is 34.1 Å². The van der Waals surface area contributed by atoms with E-state index in [-0.39, 0.29) is 5.02 Å². The summed E-state index contributed by atoms with van der Waals surface area (Å²) in [6, 6.07) is 6.43. The lowest BCUT2D eigenvalue weighted by molar-refractivity contribution is 0.313. The van der Waals surface area contributed by atoms with Crippen molar-refractivity contribution < 1.29 is 9.13 Å². The van der Waals surface area contributed by atoms with Crippen molar-refractivity contribution in [3.63, 3.8) is 0 Å². The Labute approximate surface area is 128 Å². The summed E-state index contributed by atoms with van der Waals surface area (Å²) >= 11 is 10.8. The number of ether oxygens (including phenoxy) is 1. The van der Waals surface area contributed by atoms with Crippen molar-refractivity contribution in [2.75, 3.05) is 13.2 Å². The smallest absolute Gasteiger partial charge is 0.142 e. The van der Waals surface area contributed by atoms with Crippen molar-refractivity contribution >= 4 is 38.9 Å². The molecule has 2 nitrogen and oxygen atoms in total. The monoisotopic (exact) mass is 363 g/mol. The average Bonchev–Trinajstić information content (AvgIpc) is 2.79. The van der Waals surface area contributed by atoms with Gasteiger partial charge in [0, 0.05) is 33.9 Å². The predicted octanol–water partition coefficient (Wildman–Crippen LogP) is 4.47. The average molecular weight is 365 g/mol. The van der Waals surface area contributed by atoms with Gasteiger partial charge >= 0.3 is 0 Å². The van der Waals surface area contributed by atoms with Crippen LogP contribution in [0.2, 0.25) is 5.02 Å². The van der Waals surface area contributed by atoms with Gasteiger partial charge in [0.15, 0.2) is 0 Å². The molecule has 0 fully saturated rings. The zero-order valence-corrected chi connectivity index (χ0v) is 13.1. The molecule has 0 unspecified atom stereocenters. The molecule has 1 heterocycles. The van der Waals surface area contributed by atoms with Gasteiger partial charge in [0.1, 0.15) is 18.2 Å². The van der Waals surface area contributed by atoms with Crippen LogP contribution in [0.1, 0.15) is 4.88 Å². The molecule has 19 heavy (non-hydrogen) atoms. The first-order valence-electron chi connectivity index (χ1n) is 5.66. The minimum absolute atomic E-state index is 0.0777. The summed E-state index contributed by atoms with van der Waals surface area (Å²) in [5.41, 5.74) is 0. The Morgan fingerprint density at radius 2 is 2.21 bits per heavy atom. The predicted molar refractivity (Wildman–Crippen MR) is 80.6 cm³/mol. The van der Waals surface area contributed by atoms with E-state index < -0.39 is 5.82 Å². The quantitative estimate of drug-likeness (QED) is 0.764. The summed E-state index contributed by atoms with van der Waals surface area (Å²) in [6.07, 6.45) is 0. The molecule has 1 aromatic heterocycles. The first kappa shape index (κ1) is 14.8. The number of nitrogens with one attached hydrogen (secondary N) is 1. The van der Waals surface area contributed by atoms with Crippen LogP contribution in [0.4, 0.5) is 4.39 Å². The molecule has 0 aliphatic heterocycles. The highest BCUT2D eigenvalue weighted by Crippen LogP contribution is 2.21. The van der Waals surface area contributed by atoms with Gasteiger partial charge in [0.25, 0.3) is 0 Å². The molecular formula is C13H12BrClFNOS. The molecule has 0 aliphatic rings. The van der Waals surface area contributed by atoms with Gasteiger partial charge in [-0.05, 0) is 34.1 Å². The SMILES string of the molecule is Fc1ccc(OCCNCc2cc(Br)cs2)cc1Cl. The Hall–Kier alpha value is -0.620. The second-order valence-corrected chi connectivity index (χ2v) is 6.15. The zero-order chi connectivity index (χ0) is 13.7. The number of rotatable bonds is 6. The van der Waals surface area contributed by atoms with E-state index in [1.807, 2.05) is 5.38 Å². The second-order valence-electron chi connectivity index (χ2n) is 3.83. The highest BCUT2D eigenvalue weighted by Gasteiger charge is 2.01. The summed E-state index contributed by atoms with van der Waals surface area (Å²) in [7, 11) is 0. The maximum atomic E-state index is 12.9. The molecule has 0 spiro atoms. The molecule has 2 aromatic rings. The first-order valence-corrected chi connectivity index (χ1v) is 7.71. The van der Waals surface area contributed by atoms with E-state index in [0.29, 0.717) is 18.9 Å². The van der Waals surface area contributed by atoms with Crippen LogP contribution >= 0.6 is 38.9 Å². The van der Waals surface area contributed by atoms with E-state index in [4.69, 9.17) is 16.3 Å².